The molecular formula is C24H30N4O5. The molecule has 2 amide bonds. The van der Waals surface area contributed by atoms with Crippen molar-refractivity contribution in [1.82, 2.24) is 10.6 Å². The lowest BCUT2D eigenvalue weighted by Crippen LogP contribution is -2.43. The molecule has 0 radical (unpaired) electrons. The standard InChI is InChI=1S/C24H30N4O5/c1-24(2,3)33-23(32)26-20(22(30)31)11-7-8-16-25-21(29)17-12-14-19(15-13-17)28-27-18-9-5-4-6-10-18/h4-6,9-10,12-15,20H,7-8,11,16H2,1-3H3,(H,25,29)(H,26,32)(H,30,31)/t20-/m0/s1. The van der Waals surface area contributed by atoms with Crippen molar-refractivity contribution >= 4 is 29.3 Å². The molecule has 0 fully saturated rings. The number of azo groups is 1. The lowest BCUT2D eigenvalue weighted by Gasteiger charge is -2.22. The molecule has 9 nitrogen and oxygen atoms in total. The Bertz CT molecular complexity index is 953. The first-order valence-corrected chi connectivity index (χ1v) is 10.7. The Morgan fingerprint density at radius 3 is 2.12 bits per heavy atom. The third-order valence-corrected chi connectivity index (χ3v) is 4.36. The highest BCUT2D eigenvalue weighted by atomic mass is 16.6. The molecule has 0 aromatic heterocycles. The van der Waals surface area contributed by atoms with Crippen LogP contribution in [0.3, 0.4) is 0 Å². The topological polar surface area (TPSA) is 129 Å². The van der Waals surface area contributed by atoms with Crippen molar-refractivity contribution in [3.8, 4) is 0 Å². The monoisotopic (exact) mass is 454 g/mol. The fourth-order valence-electron chi connectivity index (χ4n) is 2.77. The normalized spacial score (nSPS) is 12.2. The Morgan fingerprint density at radius 1 is 0.939 bits per heavy atom. The van der Waals surface area contributed by atoms with E-state index in [1.165, 1.54) is 0 Å². The first kappa shape index (κ1) is 25.5. The molecule has 176 valence electrons. The number of benzene rings is 2. The van der Waals surface area contributed by atoms with E-state index in [2.05, 4.69) is 20.9 Å². The summed E-state index contributed by atoms with van der Waals surface area (Å²) in [5.74, 6) is -1.36. The minimum absolute atomic E-state index is 0.228. The second-order valence-corrected chi connectivity index (χ2v) is 8.37. The van der Waals surface area contributed by atoms with Crippen molar-refractivity contribution < 1.29 is 24.2 Å². The predicted molar refractivity (Wildman–Crippen MR) is 124 cm³/mol. The molecule has 9 heteroatoms. The Kier molecular flexibility index (Phi) is 9.53. The van der Waals surface area contributed by atoms with Crippen molar-refractivity contribution in [3.05, 3.63) is 60.2 Å². The molecule has 0 saturated heterocycles. The molecule has 0 heterocycles. The van der Waals surface area contributed by atoms with Crippen LogP contribution in [0.4, 0.5) is 16.2 Å². The third-order valence-electron chi connectivity index (χ3n) is 4.36. The zero-order valence-corrected chi connectivity index (χ0v) is 19.1. The minimum atomic E-state index is -1.13. The average molecular weight is 455 g/mol. The number of carbonyl (C=O) groups excluding carboxylic acids is 2. The molecular weight excluding hydrogens is 424 g/mol. The SMILES string of the molecule is CC(C)(C)OC(=O)N[C@@H](CCCCNC(=O)c1ccc(N=Nc2ccccc2)cc1)C(=O)O. The summed E-state index contributed by atoms with van der Waals surface area (Å²) in [7, 11) is 0. The molecule has 1 atom stereocenters. The maximum atomic E-state index is 12.3. The summed E-state index contributed by atoms with van der Waals surface area (Å²) in [6.07, 6.45) is 0.529. The van der Waals surface area contributed by atoms with E-state index in [1.54, 1.807) is 45.0 Å². The molecule has 0 aliphatic rings. The number of ether oxygens (including phenoxy) is 1. The van der Waals surface area contributed by atoms with Crippen LogP contribution >= 0.6 is 0 Å². The van der Waals surface area contributed by atoms with Crippen LogP contribution in [0.5, 0.6) is 0 Å². The summed E-state index contributed by atoms with van der Waals surface area (Å²) in [6, 6.07) is 15.0. The number of unbranched alkanes of at least 4 members (excludes halogenated alkanes) is 1. The second kappa shape index (κ2) is 12.3. The summed E-state index contributed by atoms with van der Waals surface area (Å²) < 4.78 is 5.09. The molecule has 3 N–H and O–H groups in total. The van der Waals surface area contributed by atoms with E-state index in [9.17, 15) is 19.5 Å². The summed E-state index contributed by atoms with van der Waals surface area (Å²) in [4.78, 5) is 35.4. The molecule has 33 heavy (non-hydrogen) atoms. The van der Waals surface area contributed by atoms with E-state index in [4.69, 9.17) is 4.74 Å². The Hall–Kier alpha value is -3.75. The van der Waals surface area contributed by atoms with E-state index in [-0.39, 0.29) is 12.3 Å². The van der Waals surface area contributed by atoms with Gasteiger partial charge in [0.25, 0.3) is 5.91 Å². The summed E-state index contributed by atoms with van der Waals surface area (Å²) in [5.41, 5.74) is 1.16. The van der Waals surface area contributed by atoms with Crippen LogP contribution in [0.1, 0.15) is 50.4 Å². The number of carbonyl (C=O) groups is 3. The zero-order valence-electron chi connectivity index (χ0n) is 19.1. The van der Waals surface area contributed by atoms with Crippen LogP contribution < -0.4 is 10.6 Å². The van der Waals surface area contributed by atoms with Crippen LogP contribution in [0, 0.1) is 0 Å². The van der Waals surface area contributed by atoms with Gasteiger partial charge in [-0.2, -0.15) is 10.2 Å². The van der Waals surface area contributed by atoms with Crippen molar-refractivity contribution in [2.45, 2.75) is 51.7 Å². The molecule has 0 unspecified atom stereocenters. The summed E-state index contributed by atoms with van der Waals surface area (Å²) in [6.45, 7) is 5.49. The lowest BCUT2D eigenvalue weighted by molar-refractivity contribution is -0.139. The Morgan fingerprint density at radius 2 is 1.55 bits per heavy atom. The van der Waals surface area contributed by atoms with Crippen molar-refractivity contribution in [1.29, 1.82) is 0 Å². The number of carboxylic acid groups (broad SMARTS) is 1. The van der Waals surface area contributed by atoms with Gasteiger partial charge in [0.15, 0.2) is 0 Å². The second-order valence-electron chi connectivity index (χ2n) is 8.37. The number of hydrogen-bond acceptors (Lipinski definition) is 6. The number of rotatable bonds is 10. The smallest absolute Gasteiger partial charge is 0.408 e. The number of carboxylic acids is 1. The first-order valence-electron chi connectivity index (χ1n) is 10.7. The number of alkyl carbamates (subject to hydrolysis) is 1. The van der Waals surface area contributed by atoms with Gasteiger partial charge in [0.1, 0.15) is 11.6 Å². The number of nitrogens with one attached hydrogen (secondary N) is 2. The summed E-state index contributed by atoms with van der Waals surface area (Å²) in [5, 5.41) is 22.7. The maximum absolute atomic E-state index is 12.3. The van der Waals surface area contributed by atoms with Gasteiger partial charge in [-0.05, 0) is 76.4 Å². The molecule has 2 aromatic rings. The molecule has 0 spiro atoms. The molecule has 2 aromatic carbocycles. The van der Waals surface area contributed by atoms with Gasteiger partial charge in [0, 0.05) is 12.1 Å². The zero-order chi connectivity index (χ0) is 24.3. The van der Waals surface area contributed by atoms with Gasteiger partial charge in [0.2, 0.25) is 0 Å². The van der Waals surface area contributed by atoms with Gasteiger partial charge >= 0.3 is 12.1 Å². The highest BCUT2D eigenvalue weighted by Crippen LogP contribution is 2.18. The Balaban J connectivity index is 1.73. The van der Waals surface area contributed by atoms with Gasteiger partial charge in [-0.3, -0.25) is 4.79 Å². The van der Waals surface area contributed by atoms with Crippen LogP contribution in [-0.4, -0.2) is 41.3 Å². The van der Waals surface area contributed by atoms with Crippen LogP contribution in [0.25, 0.3) is 0 Å². The van der Waals surface area contributed by atoms with Crippen LogP contribution in [0.2, 0.25) is 0 Å². The predicted octanol–water partition coefficient (Wildman–Crippen LogP) is 4.98. The fourth-order valence-corrected chi connectivity index (χ4v) is 2.77. The van der Waals surface area contributed by atoms with Crippen LogP contribution in [0.15, 0.2) is 64.8 Å². The quantitative estimate of drug-likeness (QED) is 0.344. The van der Waals surface area contributed by atoms with Crippen LogP contribution in [-0.2, 0) is 9.53 Å². The van der Waals surface area contributed by atoms with Gasteiger partial charge in [0.05, 0.1) is 11.4 Å². The Labute approximate surface area is 193 Å². The highest BCUT2D eigenvalue weighted by Gasteiger charge is 2.23. The average Bonchev–Trinajstić information content (AvgIpc) is 2.76. The molecule has 0 saturated carbocycles. The number of amides is 2. The molecule has 0 aliphatic heterocycles. The number of aliphatic carboxylic acids is 1. The third kappa shape index (κ3) is 9.94. The lowest BCUT2D eigenvalue weighted by atomic mass is 10.1. The fraction of sp³-hybridized carbons (Fsp3) is 0.375. The molecule has 0 bridgehead atoms. The van der Waals surface area contributed by atoms with Gasteiger partial charge in [-0.1, -0.05) is 18.2 Å². The van der Waals surface area contributed by atoms with E-state index < -0.39 is 23.7 Å². The van der Waals surface area contributed by atoms with E-state index >= 15 is 0 Å². The first-order chi connectivity index (χ1) is 15.6. The van der Waals surface area contributed by atoms with Crippen molar-refractivity contribution in [3.63, 3.8) is 0 Å². The highest BCUT2D eigenvalue weighted by molar-refractivity contribution is 5.94. The number of hydrogen-bond donors (Lipinski definition) is 3. The van der Waals surface area contributed by atoms with Crippen molar-refractivity contribution in [2.24, 2.45) is 10.2 Å². The van der Waals surface area contributed by atoms with E-state index in [1.807, 2.05) is 30.3 Å². The number of nitrogens with zero attached hydrogens (tertiary/aromatic N) is 2. The van der Waals surface area contributed by atoms with Gasteiger partial charge < -0.3 is 20.5 Å². The largest absolute Gasteiger partial charge is 0.480 e. The molecule has 0 aliphatic carbocycles. The van der Waals surface area contributed by atoms with Crippen molar-refractivity contribution in [2.75, 3.05) is 6.54 Å². The van der Waals surface area contributed by atoms with E-state index in [0.29, 0.717) is 30.6 Å². The minimum Gasteiger partial charge on any atom is -0.480 e. The van der Waals surface area contributed by atoms with Gasteiger partial charge in [-0.25, -0.2) is 9.59 Å². The maximum Gasteiger partial charge on any atom is 0.408 e. The van der Waals surface area contributed by atoms with E-state index in [0.717, 1.165) is 5.69 Å². The van der Waals surface area contributed by atoms with Gasteiger partial charge in [-0.15, -0.1) is 0 Å². The summed E-state index contributed by atoms with van der Waals surface area (Å²) >= 11 is 0. The molecule has 2 rings (SSSR count).